The van der Waals surface area contributed by atoms with Gasteiger partial charge in [0.2, 0.25) is 0 Å². The van der Waals surface area contributed by atoms with Crippen LogP contribution >= 0.6 is 15.9 Å². The molecule has 3 rings (SSSR count). The number of rotatable bonds is 0. The van der Waals surface area contributed by atoms with E-state index in [-0.39, 0.29) is 5.57 Å². The summed E-state index contributed by atoms with van der Waals surface area (Å²) in [5.74, 6) is -2.24. The molecule has 0 unspecified atom stereocenters. The molecule has 0 aromatic heterocycles. The minimum Gasteiger partial charge on any atom is -0.419 e. The van der Waals surface area contributed by atoms with Crippen molar-refractivity contribution in [3.05, 3.63) is 46.0 Å². The van der Waals surface area contributed by atoms with Gasteiger partial charge in [-0.2, -0.15) is 13.2 Å². The van der Waals surface area contributed by atoms with Crippen LogP contribution in [-0.4, -0.2) is 17.7 Å². The van der Waals surface area contributed by atoms with Crippen LogP contribution in [0, 0.1) is 6.92 Å². The van der Waals surface area contributed by atoms with Gasteiger partial charge < -0.3 is 9.47 Å². The average molecular weight is 421 g/mol. The van der Waals surface area contributed by atoms with Gasteiger partial charge in [0.1, 0.15) is 5.57 Å². The van der Waals surface area contributed by atoms with Gasteiger partial charge in [-0.1, -0.05) is 22.5 Å². The molecular weight excluding hydrogens is 405 g/mol. The molecule has 1 aliphatic heterocycles. The molecule has 2 aliphatic rings. The lowest BCUT2D eigenvalue weighted by Crippen LogP contribution is -2.44. The summed E-state index contributed by atoms with van der Waals surface area (Å²) >= 11 is 3.01. The highest BCUT2D eigenvalue weighted by molar-refractivity contribution is 9.10. The van der Waals surface area contributed by atoms with Crippen molar-refractivity contribution in [2.45, 2.75) is 44.6 Å². The highest BCUT2D eigenvalue weighted by Crippen LogP contribution is 2.38. The Morgan fingerprint density at radius 2 is 1.60 bits per heavy atom. The minimum atomic E-state index is -4.26. The second-order valence-corrected chi connectivity index (χ2v) is 6.81. The Kier molecular flexibility index (Phi) is 5.61. The maximum Gasteiger partial charge on any atom is 0.416 e. The van der Waals surface area contributed by atoms with Crippen molar-refractivity contribution in [3.63, 3.8) is 0 Å². The van der Waals surface area contributed by atoms with Crippen molar-refractivity contribution >= 4 is 27.9 Å². The zero-order valence-corrected chi connectivity index (χ0v) is 15.0. The van der Waals surface area contributed by atoms with E-state index in [4.69, 9.17) is 9.47 Å². The number of esters is 2. The van der Waals surface area contributed by atoms with Crippen molar-refractivity contribution in [1.29, 1.82) is 0 Å². The molecule has 1 saturated carbocycles. The second-order valence-electron chi connectivity index (χ2n) is 5.89. The number of hydrogen-bond donors (Lipinski definition) is 0. The first-order chi connectivity index (χ1) is 11.5. The lowest BCUT2D eigenvalue weighted by Gasteiger charge is -2.32. The third kappa shape index (κ3) is 4.84. The maximum atomic E-state index is 12.1. The van der Waals surface area contributed by atoms with E-state index in [9.17, 15) is 22.8 Å². The molecule has 0 bridgehead atoms. The van der Waals surface area contributed by atoms with Gasteiger partial charge in [-0.05, 0) is 43.5 Å². The fourth-order valence-electron chi connectivity index (χ4n) is 2.58. The van der Waals surface area contributed by atoms with Crippen LogP contribution in [-0.2, 0) is 25.2 Å². The monoisotopic (exact) mass is 420 g/mol. The predicted octanol–water partition coefficient (Wildman–Crippen LogP) is 4.69. The Morgan fingerprint density at radius 1 is 1.08 bits per heavy atom. The summed E-state index contributed by atoms with van der Waals surface area (Å²) in [5, 5.41) is 0. The molecule has 136 valence electrons. The molecule has 1 heterocycles. The van der Waals surface area contributed by atoms with Crippen LogP contribution in [0.5, 0.6) is 0 Å². The number of alkyl halides is 3. The highest BCUT2D eigenvalue weighted by atomic mass is 79.9. The van der Waals surface area contributed by atoms with Gasteiger partial charge in [-0.25, -0.2) is 9.59 Å². The van der Waals surface area contributed by atoms with Gasteiger partial charge in [0, 0.05) is 17.3 Å². The number of benzene rings is 1. The van der Waals surface area contributed by atoms with Gasteiger partial charge in [0.05, 0.1) is 5.56 Å². The van der Waals surface area contributed by atoms with E-state index in [1.807, 2.05) is 0 Å². The Morgan fingerprint density at radius 3 is 2.04 bits per heavy atom. The largest absolute Gasteiger partial charge is 0.419 e. The summed E-state index contributed by atoms with van der Waals surface area (Å²) in [6.07, 6.45) is -1.19. The normalized spacial score (nSPS) is 19.2. The van der Waals surface area contributed by atoms with Crippen molar-refractivity contribution < 1.29 is 32.2 Å². The molecule has 0 radical (unpaired) electrons. The molecule has 0 amide bonds. The van der Waals surface area contributed by atoms with E-state index in [1.165, 1.54) is 0 Å². The van der Waals surface area contributed by atoms with Crippen LogP contribution in [0.25, 0.3) is 0 Å². The molecule has 1 saturated heterocycles. The van der Waals surface area contributed by atoms with E-state index >= 15 is 0 Å². The number of aryl methyl sites for hydroxylation is 1. The number of carbonyl (C=O) groups is 2. The van der Waals surface area contributed by atoms with Gasteiger partial charge in [-0.3, -0.25) is 0 Å². The molecule has 0 atom stereocenters. The highest BCUT2D eigenvalue weighted by Gasteiger charge is 2.47. The SMILES string of the molecule is C=C1C(=O)OC2(CCCC2)OC1=O.Cc1cc(Br)cc(C(F)(F)F)c1. The quantitative estimate of drug-likeness (QED) is 0.347. The van der Waals surface area contributed by atoms with E-state index < -0.39 is 29.5 Å². The molecule has 2 fully saturated rings. The third-order valence-corrected chi connectivity index (χ3v) is 4.24. The summed E-state index contributed by atoms with van der Waals surface area (Å²) in [6.45, 7) is 4.91. The van der Waals surface area contributed by atoms with Crippen molar-refractivity contribution in [3.8, 4) is 0 Å². The molecule has 1 spiro atoms. The first-order valence-electron chi connectivity index (χ1n) is 7.52. The van der Waals surface area contributed by atoms with Crippen LogP contribution in [0.3, 0.4) is 0 Å². The molecule has 1 aromatic carbocycles. The predicted molar refractivity (Wildman–Crippen MR) is 86.4 cm³/mol. The summed E-state index contributed by atoms with van der Waals surface area (Å²) < 4.78 is 46.9. The molecule has 0 N–H and O–H groups in total. The standard InChI is InChI=1S/C9H10O4.C8H6BrF3/c1-6-7(10)12-9(13-8(6)11)4-2-3-5-9;1-5-2-6(8(10,11)12)4-7(9)3-5/h1-5H2;2-4H,1H3. The van der Waals surface area contributed by atoms with E-state index in [1.54, 1.807) is 13.0 Å². The van der Waals surface area contributed by atoms with Crippen molar-refractivity contribution in [2.75, 3.05) is 0 Å². The number of carbonyl (C=O) groups excluding carboxylic acids is 2. The van der Waals surface area contributed by atoms with E-state index in [2.05, 4.69) is 22.5 Å². The second kappa shape index (κ2) is 7.19. The van der Waals surface area contributed by atoms with Gasteiger partial charge in [-0.15, -0.1) is 0 Å². The fraction of sp³-hybridized carbons (Fsp3) is 0.412. The zero-order chi connectivity index (χ0) is 18.8. The Labute approximate surface area is 151 Å². The number of hydrogen-bond acceptors (Lipinski definition) is 4. The van der Waals surface area contributed by atoms with Gasteiger partial charge >= 0.3 is 18.1 Å². The minimum absolute atomic E-state index is 0.211. The van der Waals surface area contributed by atoms with Crippen LogP contribution < -0.4 is 0 Å². The van der Waals surface area contributed by atoms with Crippen molar-refractivity contribution in [1.82, 2.24) is 0 Å². The average Bonchev–Trinajstić information content (AvgIpc) is 2.91. The van der Waals surface area contributed by atoms with Crippen LogP contribution in [0.2, 0.25) is 0 Å². The topological polar surface area (TPSA) is 52.6 Å². The third-order valence-electron chi connectivity index (χ3n) is 3.79. The van der Waals surface area contributed by atoms with Crippen LogP contribution in [0.1, 0.15) is 36.8 Å². The summed E-state index contributed by atoms with van der Waals surface area (Å²) in [6, 6.07) is 3.81. The molecular formula is C17H16BrF3O4. The number of halogens is 4. The Bertz CT molecular complexity index is 664. The van der Waals surface area contributed by atoms with Crippen LogP contribution in [0.15, 0.2) is 34.8 Å². The summed E-state index contributed by atoms with van der Waals surface area (Å²) in [4.78, 5) is 22.3. The summed E-state index contributed by atoms with van der Waals surface area (Å²) in [5.41, 5.74) is -0.233. The zero-order valence-electron chi connectivity index (χ0n) is 13.4. The fourth-order valence-corrected chi connectivity index (χ4v) is 3.19. The van der Waals surface area contributed by atoms with E-state index in [0.29, 0.717) is 22.9 Å². The Balaban J connectivity index is 0.000000181. The lowest BCUT2D eigenvalue weighted by molar-refractivity contribution is -0.232. The van der Waals surface area contributed by atoms with Crippen molar-refractivity contribution in [2.24, 2.45) is 0 Å². The van der Waals surface area contributed by atoms with Crippen LogP contribution in [0.4, 0.5) is 13.2 Å². The maximum absolute atomic E-state index is 12.1. The van der Waals surface area contributed by atoms with Gasteiger partial charge in [0.15, 0.2) is 0 Å². The van der Waals surface area contributed by atoms with Gasteiger partial charge in [0.25, 0.3) is 5.79 Å². The summed E-state index contributed by atoms with van der Waals surface area (Å²) in [7, 11) is 0. The first kappa shape index (κ1) is 19.5. The molecule has 1 aromatic rings. The first-order valence-corrected chi connectivity index (χ1v) is 8.32. The lowest BCUT2D eigenvalue weighted by atomic mass is 10.1. The van der Waals surface area contributed by atoms with E-state index in [0.717, 1.165) is 25.0 Å². The molecule has 1 aliphatic carbocycles. The molecule has 8 heteroatoms. The molecule has 4 nitrogen and oxygen atoms in total. The Hall–Kier alpha value is -1.83. The molecule has 25 heavy (non-hydrogen) atoms. The number of ether oxygens (including phenoxy) is 2. The smallest absolute Gasteiger partial charge is 0.416 e.